The van der Waals surface area contributed by atoms with Gasteiger partial charge in [-0.3, -0.25) is 34.6 Å². The molecule has 0 spiro atoms. The van der Waals surface area contributed by atoms with E-state index in [1.165, 1.54) is 48.5 Å². The lowest BCUT2D eigenvalue weighted by Crippen LogP contribution is -2.50. The molecule has 0 aromatic heterocycles. The van der Waals surface area contributed by atoms with Crippen LogP contribution in [0.4, 0.5) is 11.4 Å². The Balaban J connectivity index is 1.49. The minimum Gasteiger partial charge on any atom is -0.272 e. The number of carbonyl (C=O) groups is 3. The number of hydrogen-bond donors (Lipinski definition) is 0. The van der Waals surface area contributed by atoms with Gasteiger partial charge in [-0.1, -0.05) is 12.1 Å². The molecule has 3 amide bonds. The highest BCUT2D eigenvalue weighted by atomic mass is 16.6. The van der Waals surface area contributed by atoms with Crippen LogP contribution in [-0.4, -0.2) is 37.6 Å². The number of carbonyl (C=O) groups excluding carboxylic acids is 3. The largest absolute Gasteiger partial charge is 0.273 e. The molecule has 11 nitrogen and oxygen atoms in total. The fourth-order valence-corrected chi connectivity index (χ4v) is 5.64. The highest BCUT2D eigenvalue weighted by Gasteiger charge is 2.62. The third-order valence-corrected chi connectivity index (χ3v) is 7.18. The molecule has 1 aliphatic heterocycles. The summed E-state index contributed by atoms with van der Waals surface area (Å²) in [4.78, 5) is 61.0. The lowest BCUT2D eigenvalue weighted by molar-refractivity contribution is -0.385. The van der Waals surface area contributed by atoms with E-state index in [1.54, 1.807) is 0 Å². The quantitative estimate of drug-likeness (QED) is 0.363. The third kappa shape index (κ3) is 3.40. The van der Waals surface area contributed by atoms with E-state index in [0.717, 1.165) is 29.3 Å². The Bertz CT molecular complexity index is 1180. The Morgan fingerprint density at radius 2 is 1.32 bits per heavy atom. The molecule has 2 aromatic rings. The van der Waals surface area contributed by atoms with Gasteiger partial charge in [0.1, 0.15) is 0 Å². The molecule has 1 saturated heterocycles. The summed E-state index contributed by atoms with van der Waals surface area (Å²) >= 11 is 0. The molecule has 1 heterocycles. The van der Waals surface area contributed by atoms with Crippen molar-refractivity contribution in [3.8, 4) is 0 Å². The molecule has 4 atom stereocenters. The van der Waals surface area contributed by atoms with E-state index in [0.29, 0.717) is 5.56 Å². The number of nitrogens with zero attached hydrogens (tertiary/aromatic N) is 4. The molecule has 2 bridgehead atoms. The highest BCUT2D eigenvalue weighted by molar-refractivity contribution is 6.08. The molecule has 0 N–H and O–H groups in total. The van der Waals surface area contributed by atoms with Crippen LogP contribution in [0.15, 0.2) is 48.5 Å². The summed E-state index contributed by atoms with van der Waals surface area (Å²) in [7, 11) is 0. The van der Waals surface area contributed by atoms with E-state index in [9.17, 15) is 34.6 Å². The minimum absolute atomic E-state index is 0.0770. The van der Waals surface area contributed by atoms with E-state index in [2.05, 4.69) is 0 Å². The fraction of sp³-hybridized carbons (Fsp3) is 0.348. The first kappa shape index (κ1) is 21.7. The summed E-state index contributed by atoms with van der Waals surface area (Å²) in [5, 5.41) is 23.9. The maximum atomic E-state index is 13.5. The molecule has 174 valence electrons. The standard InChI is InChI=1S/C23H20N4O7/c28-21(14-5-9-18(10-6-14)27(33)34)24(12-13-1-7-17(8-2-13)26(31)32)25-22(29)19-15-3-4-16(11-15)20(19)23(25)30/h1-2,5-10,15-16,19-20H,3-4,11-12H2/t15-,16-,19-,20-/m0/s1. The van der Waals surface area contributed by atoms with Crippen LogP contribution in [-0.2, 0) is 16.1 Å². The maximum Gasteiger partial charge on any atom is 0.273 e. The van der Waals surface area contributed by atoms with Crippen LogP contribution in [0.25, 0.3) is 0 Å². The van der Waals surface area contributed by atoms with Crippen LogP contribution < -0.4 is 0 Å². The van der Waals surface area contributed by atoms with E-state index in [4.69, 9.17) is 0 Å². The average Bonchev–Trinajstić information content (AvgIpc) is 3.51. The molecule has 2 saturated carbocycles. The summed E-state index contributed by atoms with van der Waals surface area (Å²) < 4.78 is 0. The van der Waals surface area contributed by atoms with Gasteiger partial charge in [-0.2, -0.15) is 5.01 Å². The molecular formula is C23H20N4O7. The van der Waals surface area contributed by atoms with Crippen molar-refractivity contribution in [2.75, 3.05) is 0 Å². The zero-order valence-corrected chi connectivity index (χ0v) is 17.9. The number of benzene rings is 2. The van der Waals surface area contributed by atoms with E-state index in [-0.39, 0.29) is 35.3 Å². The van der Waals surface area contributed by atoms with Crippen LogP contribution in [0.3, 0.4) is 0 Å². The van der Waals surface area contributed by atoms with Crippen LogP contribution in [0.5, 0.6) is 0 Å². The van der Waals surface area contributed by atoms with E-state index >= 15 is 0 Å². The fourth-order valence-electron chi connectivity index (χ4n) is 5.64. The Hall–Kier alpha value is -4.15. The Morgan fingerprint density at radius 3 is 1.79 bits per heavy atom. The molecule has 2 aliphatic carbocycles. The smallest absolute Gasteiger partial charge is 0.272 e. The second-order valence-electron chi connectivity index (χ2n) is 8.96. The minimum atomic E-state index is -0.665. The van der Waals surface area contributed by atoms with Gasteiger partial charge in [0.05, 0.1) is 28.2 Å². The summed E-state index contributed by atoms with van der Waals surface area (Å²) in [5.74, 6) is -2.08. The van der Waals surface area contributed by atoms with Crippen LogP contribution in [0, 0.1) is 43.9 Å². The van der Waals surface area contributed by atoms with Crippen molar-refractivity contribution in [3.05, 3.63) is 79.9 Å². The average molecular weight is 464 g/mol. The Labute approximate surface area is 193 Å². The number of rotatable bonds is 6. The number of amides is 3. The van der Waals surface area contributed by atoms with E-state index in [1.807, 2.05) is 0 Å². The van der Waals surface area contributed by atoms with Crippen LogP contribution in [0.1, 0.15) is 35.2 Å². The molecule has 0 unspecified atom stereocenters. The predicted octanol–water partition coefficient (Wildman–Crippen LogP) is 3.09. The van der Waals surface area contributed by atoms with Gasteiger partial charge in [-0.05, 0) is 48.8 Å². The number of imide groups is 1. The van der Waals surface area contributed by atoms with Crippen molar-refractivity contribution in [3.63, 3.8) is 0 Å². The van der Waals surface area contributed by atoms with Gasteiger partial charge >= 0.3 is 0 Å². The second kappa shape index (κ2) is 8.01. The van der Waals surface area contributed by atoms with Gasteiger partial charge in [0.15, 0.2) is 0 Å². The highest BCUT2D eigenvalue weighted by Crippen LogP contribution is 2.56. The zero-order chi connectivity index (χ0) is 24.1. The monoisotopic (exact) mass is 464 g/mol. The Kier molecular flexibility index (Phi) is 5.11. The zero-order valence-electron chi connectivity index (χ0n) is 17.9. The van der Waals surface area contributed by atoms with Gasteiger partial charge < -0.3 is 0 Å². The molecule has 11 heteroatoms. The van der Waals surface area contributed by atoms with Crippen molar-refractivity contribution in [1.82, 2.24) is 10.0 Å². The van der Waals surface area contributed by atoms with Crippen molar-refractivity contribution >= 4 is 29.1 Å². The molecule has 0 radical (unpaired) electrons. The molecule has 3 aliphatic rings. The lowest BCUT2D eigenvalue weighted by Gasteiger charge is -2.31. The predicted molar refractivity (Wildman–Crippen MR) is 116 cm³/mol. The van der Waals surface area contributed by atoms with Crippen molar-refractivity contribution < 1.29 is 24.2 Å². The lowest BCUT2D eigenvalue weighted by atomic mass is 9.81. The number of non-ortho nitro benzene ring substituents is 2. The van der Waals surface area contributed by atoms with E-state index < -0.39 is 39.4 Å². The normalized spacial score (nSPS) is 24.9. The summed E-state index contributed by atoms with van der Waals surface area (Å²) in [6, 6.07) is 10.4. The maximum absolute atomic E-state index is 13.5. The summed E-state index contributed by atoms with van der Waals surface area (Å²) in [6.07, 6.45) is 2.62. The van der Waals surface area contributed by atoms with Crippen molar-refractivity contribution in [1.29, 1.82) is 0 Å². The first-order valence-electron chi connectivity index (χ1n) is 10.9. The third-order valence-electron chi connectivity index (χ3n) is 7.18. The van der Waals surface area contributed by atoms with Gasteiger partial charge in [-0.25, -0.2) is 5.01 Å². The van der Waals surface area contributed by atoms with Gasteiger partial charge in [0.2, 0.25) is 0 Å². The first-order valence-corrected chi connectivity index (χ1v) is 10.9. The topological polar surface area (TPSA) is 144 Å². The molecule has 3 fully saturated rings. The number of nitro groups is 2. The molecule has 2 aromatic carbocycles. The van der Waals surface area contributed by atoms with Crippen molar-refractivity contribution in [2.24, 2.45) is 23.7 Å². The van der Waals surface area contributed by atoms with Crippen LogP contribution in [0.2, 0.25) is 0 Å². The molecular weight excluding hydrogens is 444 g/mol. The molecule has 5 rings (SSSR count). The number of fused-ring (bicyclic) bond motifs is 5. The van der Waals surface area contributed by atoms with Crippen LogP contribution >= 0.6 is 0 Å². The first-order chi connectivity index (χ1) is 16.3. The van der Waals surface area contributed by atoms with Crippen molar-refractivity contribution in [2.45, 2.75) is 25.8 Å². The number of nitro benzene ring substituents is 2. The molecule has 34 heavy (non-hydrogen) atoms. The van der Waals surface area contributed by atoms with Gasteiger partial charge in [0.25, 0.3) is 29.1 Å². The second-order valence-corrected chi connectivity index (χ2v) is 8.96. The Morgan fingerprint density at radius 1 is 0.853 bits per heavy atom. The van der Waals surface area contributed by atoms with Gasteiger partial charge in [-0.15, -0.1) is 0 Å². The number of hydrogen-bond acceptors (Lipinski definition) is 7. The summed E-state index contributed by atoms with van der Waals surface area (Å²) in [5.41, 5.74) is 0.240. The summed E-state index contributed by atoms with van der Waals surface area (Å²) in [6.45, 7) is -0.167. The number of hydrazine groups is 1. The van der Waals surface area contributed by atoms with Gasteiger partial charge in [0, 0.05) is 29.8 Å². The SMILES string of the molecule is O=C(c1ccc([N+](=O)[O-])cc1)N(Cc1ccc([N+](=O)[O-])cc1)N1C(=O)[C@H]2[C@H]3CC[C@@H](C3)[C@@H]2C1=O.